The molecule has 0 fully saturated rings. The lowest BCUT2D eigenvalue weighted by molar-refractivity contribution is 0.484. The first-order valence-electron chi connectivity index (χ1n) is 5.76. The number of aryl methyl sites for hydroxylation is 2. The fourth-order valence-electron chi connectivity index (χ4n) is 1.58. The molecule has 0 aliphatic heterocycles. The molecule has 0 spiro atoms. The van der Waals surface area contributed by atoms with Gasteiger partial charge in [-0.15, -0.1) is 12.4 Å². The van der Waals surface area contributed by atoms with Crippen LogP contribution in [-0.2, 0) is 10.1 Å². The van der Waals surface area contributed by atoms with Gasteiger partial charge in [0.25, 0.3) is 0 Å². The normalized spacial score (nSPS) is 10.7. The van der Waals surface area contributed by atoms with Crippen LogP contribution in [0.15, 0.2) is 47.4 Å². The zero-order valence-electron chi connectivity index (χ0n) is 11.2. The Balaban J connectivity index is 0.00000200. The van der Waals surface area contributed by atoms with Crippen LogP contribution >= 0.6 is 12.4 Å². The van der Waals surface area contributed by atoms with Crippen LogP contribution in [0.3, 0.4) is 0 Å². The van der Waals surface area contributed by atoms with Gasteiger partial charge in [-0.2, -0.15) is 8.42 Å². The number of hydrogen-bond donors (Lipinski definition) is 1. The molecule has 2 aromatic carbocycles. The first-order chi connectivity index (χ1) is 8.88. The van der Waals surface area contributed by atoms with E-state index in [1.54, 1.807) is 31.2 Å². The highest BCUT2D eigenvalue weighted by atomic mass is 35.5. The number of hydrogen-bond acceptors (Lipinski definition) is 4. The fourth-order valence-corrected chi connectivity index (χ4v) is 2.56. The van der Waals surface area contributed by atoms with Gasteiger partial charge < -0.3 is 9.92 Å². The molecule has 2 aromatic rings. The maximum absolute atomic E-state index is 12.1. The highest BCUT2D eigenvalue weighted by Crippen LogP contribution is 2.25. The second-order valence-electron chi connectivity index (χ2n) is 4.38. The third kappa shape index (κ3) is 3.65. The molecule has 0 heterocycles. The molecule has 20 heavy (non-hydrogen) atoms. The standard InChI is InChI=1S/C14H15NO3S.ClH/c1-10-3-7-13(8-4-10)19(16,17)18-14-9-12(15)6-5-11(14)2;/h3-9H,15H2,1-2H3;1H. The minimum atomic E-state index is -3.82. The van der Waals surface area contributed by atoms with Gasteiger partial charge in [0.2, 0.25) is 0 Å². The molecule has 0 saturated carbocycles. The van der Waals surface area contributed by atoms with Gasteiger partial charge in [-0.05, 0) is 37.6 Å². The van der Waals surface area contributed by atoms with Crippen molar-refractivity contribution in [2.45, 2.75) is 18.7 Å². The van der Waals surface area contributed by atoms with Gasteiger partial charge >= 0.3 is 10.1 Å². The van der Waals surface area contributed by atoms with E-state index in [0.717, 1.165) is 5.56 Å². The van der Waals surface area contributed by atoms with E-state index in [0.29, 0.717) is 11.3 Å². The molecule has 0 aliphatic carbocycles. The lowest BCUT2D eigenvalue weighted by Crippen LogP contribution is -2.10. The van der Waals surface area contributed by atoms with E-state index in [1.165, 1.54) is 18.2 Å². The summed E-state index contributed by atoms with van der Waals surface area (Å²) in [7, 11) is -3.82. The van der Waals surface area contributed by atoms with Crippen LogP contribution in [0.4, 0.5) is 5.69 Å². The second-order valence-corrected chi connectivity index (χ2v) is 5.92. The molecule has 108 valence electrons. The number of rotatable bonds is 3. The van der Waals surface area contributed by atoms with Gasteiger partial charge in [-0.1, -0.05) is 23.8 Å². The molecule has 0 saturated heterocycles. The van der Waals surface area contributed by atoms with E-state index in [1.807, 2.05) is 6.92 Å². The van der Waals surface area contributed by atoms with Crippen molar-refractivity contribution in [1.82, 2.24) is 0 Å². The van der Waals surface area contributed by atoms with Crippen LogP contribution in [0.1, 0.15) is 11.1 Å². The van der Waals surface area contributed by atoms with Gasteiger partial charge in [0.05, 0.1) is 0 Å². The molecular formula is C14H16ClNO3S. The average Bonchev–Trinajstić information content (AvgIpc) is 2.34. The maximum atomic E-state index is 12.1. The van der Waals surface area contributed by atoms with Gasteiger partial charge in [-0.3, -0.25) is 0 Å². The summed E-state index contributed by atoms with van der Waals surface area (Å²) in [4.78, 5) is 0.125. The molecule has 0 atom stereocenters. The van der Waals surface area contributed by atoms with Crippen molar-refractivity contribution in [3.05, 3.63) is 53.6 Å². The van der Waals surface area contributed by atoms with Crippen LogP contribution in [0, 0.1) is 13.8 Å². The van der Waals surface area contributed by atoms with E-state index < -0.39 is 10.1 Å². The molecule has 0 radical (unpaired) electrons. The SMILES string of the molecule is Cc1ccc(S(=O)(=O)Oc2cc(N)ccc2C)cc1.Cl. The third-order valence-corrected chi connectivity index (χ3v) is 3.97. The number of halogens is 1. The van der Waals surface area contributed by atoms with Crippen molar-refractivity contribution in [3.63, 3.8) is 0 Å². The molecule has 0 amide bonds. The highest BCUT2D eigenvalue weighted by molar-refractivity contribution is 7.87. The second kappa shape index (κ2) is 6.15. The van der Waals surface area contributed by atoms with Gasteiger partial charge in [0.15, 0.2) is 0 Å². The first-order valence-corrected chi connectivity index (χ1v) is 7.16. The van der Waals surface area contributed by atoms with E-state index in [-0.39, 0.29) is 23.1 Å². The molecule has 2 rings (SSSR count). The van der Waals surface area contributed by atoms with Crippen LogP contribution in [0.2, 0.25) is 0 Å². The quantitative estimate of drug-likeness (QED) is 0.698. The Morgan fingerprint density at radius 1 is 1.00 bits per heavy atom. The summed E-state index contributed by atoms with van der Waals surface area (Å²) >= 11 is 0. The van der Waals surface area contributed by atoms with Gasteiger partial charge in [0, 0.05) is 11.8 Å². The molecule has 0 bridgehead atoms. The highest BCUT2D eigenvalue weighted by Gasteiger charge is 2.17. The fraction of sp³-hybridized carbons (Fsp3) is 0.143. The van der Waals surface area contributed by atoms with E-state index >= 15 is 0 Å². The van der Waals surface area contributed by atoms with Crippen molar-refractivity contribution < 1.29 is 12.6 Å². The van der Waals surface area contributed by atoms with Crippen LogP contribution in [0.25, 0.3) is 0 Å². The lowest BCUT2D eigenvalue weighted by atomic mass is 10.2. The molecule has 0 unspecified atom stereocenters. The number of nitrogen functional groups attached to an aromatic ring is 1. The summed E-state index contributed by atoms with van der Waals surface area (Å²) in [6.45, 7) is 3.65. The summed E-state index contributed by atoms with van der Waals surface area (Å²) < 4.78 is 29.4. The number of anilines is 1. The Labute approximate surface area is 125 Å². The third-order valence-electron chi connectivity index (χ3n) is 2.72. The van der Waals surface area contributed by atoms with Gasteiger partial charge in [-0.25, -0.2) is 0 Å². The summed E-state index contributed by atoms with van der Waals surface area (Å²) in [5.74, 6) is 0.251. The monoisotopic (exact) mass is 313 g/mol. The van der Waals surface area contributed by atoms with E-state index in [2.05, 4.69) is 0 Å². The minimum Gasteiger partial charge on any atom is -0.399 e. The van der Waals surface area contributed by atoms with Crippen LogP contribution < -0.4 is 9.92 Å². The average molecular weight is 314 g/mol. The predicted octanol–water partition coefficient (Wildman–Crippen LogP) is 3.08. The molecule has 6 heteroatoms. The topological polar surface area (TPSA) is 69.4 Å². The lowest BCUT2D eigenvalue weighted by Gasteiger charge is -2.10. The van der Waals surface area contributed by atoms with Crippen molar-refractivity contribution in [2.75, 3.05) is 5.73 Å². The Morgan fingerprint density at radius 2 is 1.60 bits per heavy atom. The van der Waals surface area contributed by atoms with Crippen LogP contribution in [0.5, 0.6) is 5.75 Å². The Bertz CT molecular complexity index is 697. The summed E-state index contributed by atoms with van der Waals surface area (Å²) in [6.07, 6.45) is 0. The molecule has 2 N–H and O–H groups in total. The Morgan fingerprint density at radius 3 is 2.20 bits per heavy atom. The minimum absolute atomic E-state index is 0. The largest absolute Gasteiger partial charge is 0.399 e. The van der Waals surface area contributed by atoms with Gasteiger partial charge in [0.1, 0.15) is 10.6 Å². The Kier molecular flexibility index (Phi) is 5.03. The van der Waals surface area contributed by atoms with E-state index in [4.69, 9.17) is 9.92 Å². The zero-order valence-corrected chi connectivity index (χ0v) is 12.8. The predicted molar refractivity (Wildman–Crippen MR) is 81.8 cm³/mol. The summed E-state index contributed by atoms with van der Waals surface area (Å²) in [6, 6.07) is 11.4. The van der Waals surface area contributed by atoms with E-state index in [9.17, 15) is 8.42 Å². The van der Waals surface area contributed by atoms with Crippen molar-refractivity contribution in [2.24, 2.45) is 0 Å². The van der Waals surface area contributed by atoms with Crippen molar-refractivity contribution >= 4 is 28.2 Å². The van der Waals surface area contributed by atoms with Crippen molar-refractivity contribution in [1.29, 1.82) is 0 Å². The van der Waals surface area contributed by atoms with Crippen LogP contribution in [-0.4, -0.2) is 8.42 Å². The Hall–Kier alpha value is -1.72. The number of benzene rings is 2. The first kappa shape index (κ1) is 16.3. The van der Waals surface area contributed by atoms with Crippen molar-refractivity contribution in [3.8, 4) is 5.75 Å². The molecule has 0 aromatic heterocycles. The molecule has 4 nitrogen and oxygen atoms in total. The number of nitrogens with two attached hydrogens (primary N) is 1. The maximum Gasteiger partial charge on any atom is 0.339 e. The summed E-state index contributed by atoms with van der Waals surface area (Å²) in [5.41, 5.74) is 7.79. The molecule has 0 aliphatic rings. The summed E-state index contributed by atoms with van der Waals surface area (Å²) in [5, 5.41) is 0. The smallest absolute Gasteiger partial charge is 0.339 e. The zero-order chi connectivity index (χ0) is 14.0. The molecular weight excluding hydrogens is 298 g/mol.